The standard InChI is InChI=1S/C14H15N3O2/c18-6-2-4-11-3-1-5-13(7-11)17-14(19)12-8-15-10-16-9-12/h1,3,5,7-10,18H,2,4,6H2,(H,17,19). The minimum atomic E-state index is -0.236. The second-order valence-electron chi connectivity index (χ2n) is 4.11. The molecule has 2 aromatic rings. The summed E-state index contributed by atoms with van der Waals surface area (Å²) in [6.45, 7) is 0.165. The Balaban J connectivity index is 2.05. The van der Waals surface area contributed by atoms with Crippen LogP contribution in [-0.4, -0.2) is 27.6 Å². The second-order valence-corrected chi connectivity index (χ2v) is 4.11. The fourth-order valence-electron chi connectivity index (χ4n) is 1.71. The van der Waals surface area contributed by atoms with Gasteiger partial charge in [-0.25, -0.2) is 9.97 Å². The van der Waals surface area contributed by atoms with Gasteiger partial charge in [-0.05, 0) is 30.5 Å². The van der Waals surface area contributed by atoms with E-state index in [1.165, 1.54) is 18.7 Å². The quantitative estimate of drug-likeness (QED) is 0.854. The third-order valence-electron chi connectivity index (χ3n) is 2.63. The van der Waals surface area contributed by atoms with Gasteiger partial charge < -0.3 is 10.4 Å². The summed E-state index contributed by atoms with van der Waals surface area (Å²) in [4.78, 5) is 19.5. The van der Waals surface area contributed by atoms with Crippen LogP contribution in [0.25, 0.3) is 0 Å². The van der Waals surface area contributed by atoms with Crippen molar-refractivity contribution >= 4 is 11.6 Å². The number of amides is 1. The van der Waals surface area contributed by atoms with Crippen LogP contribution in [0, 0.1) is 0 Å². The minimum Gasteiger partial charge on any atom is -0.396 e. The molecule has 0 radical (unpaired) electrons. The summed E-state index contributed by atoms with van der Waals surface area (Å²) in [5, 5.41) is 11.6. The SMILES string of the molecule is O=C(Nc1cccc(CCCO)c1)c1cncnc1. The molecular formula is C14H15N3O2. The molecule has 2 rings (SSSR count). The number of aromatic nitrogens is 2. The topological polar surface area (TPSA) is 75.1 Å². The number of benzene rings is 1. The predicted octanol–water partition coefficient (Wildman–Crippen LogP) is 1.65. The third kappa shape index (κ3) is 3.86. The molecule has 0 saturated heterocycles. The van der Waals surface area contributed by atoms with Crippen LogP contribution in [0.3, 0.4) is 0 Å². The maximum absolute atomic E-state index is 11.9. The lowest BCUT2D eigenvalue weighted by molar-refractivity contribution is 0.102. The van der Waals surface area contributed by atoms with Crippen LogP contribution in [0.5, 0.6) is 0 Å². The van der Waals surface area contributed by atoms with Crippen LogP contribution in [0.15, 0.2) is 43.0 Å². The Kier molecular flexibility index (Phi) is 4.58. The molecule has 0 aliphatic rings. The van der Waals surface area contributed by atoms with Crippen LogP contribution < -0.4 is 5.32 Å². The van der Waals surface area contributed by atoms with E-state index in [0.717, 1.165) is 17.7 Å². The van der Waals surface area contributed by atoms with Gasteiger partial charge in [0, 0.05) is 24.7 Å². The van der Waals surface area contributed by atoms with Gasteiger partial charge in [0.2, 0.25) is 0 Å². The lowest BCUT2D eigenvalue weighted by atomic mass is 10.1. The highest BCUT2D eigenvalue weighted by Gasteiger charge is 2.06. The molecular weight excluding hydrogens is 242 g/mol. The summed E-state index contributed by atoms with van der Waals surface area (Å²) >= 11 is 0. The molecule has 5 heteroatoms. The van der Waals surface area contributed by atoms with Crippen molar-refractivity contribution in [2.45, 2.75) is 12.8 Å². The first-order valence-corrected chi connectivity index (χ1v) is 6.06. The lowest BCUT2D eigenvalue weighted by Gasteiger charge is -2.06. The smallest absolute Gasteiger partial charge is 0.258 e. The summed E-state index contributed by atoms with van der Waals surface area (Å²) in [7, 11) is 0. The van der Waals surface area contributed by atoms with Crippen LogP contribution in [-0.2, 0) is 6.42 Å². The van der Waals surface area contributed by atoms with Crippen molar-refractivity contribution in [3.05, 3.63) is 54.1 Å². The number of aliphatic hydroxyl groups excluding tert-OH is 1. The van der Waals surface area contributed by atoms with Crippen molar-refractivity contribution in [3.63, 3.8) is 0 Å². The summed E-state index contributed by atoms with van der Waals surface area (Å²) in [6, 6.07) is 7.57. The molecule has 1 aromatic heterocycles. The Bertz CT molecular complexity index is 543. The highest BCUT2D eigenvalue weighted by Crippen LogP contribution is 2.13. The van der Waals surface area contributed by atoms with E-state index < -0.39 is 0 Å². The van der Waals surface area contributed by atoms with Crippen molar-refractivity contribution in [3.8, 4) is 0 Å². The molecule has 1 heterocycles. The average Bonchev–Trinajstić information content (AvgIpc) is 2.46. The number of rotatable bonds is 5. The number of carbonyl (C=O) groups excluding carboxylic acids is 1. The predicted molar refractivity (Wildman–Crippen MR) is 71.8 cm³/mol. The van der Waals surface area contributed by atoms with Gasteiger partial charge in [0.05, 0.1) is 5.56 Å². The zero-order chi connectivity index (χ0) is 13.5. The maximum Gasteiger partial charge on any atom is 0.258 e. The first-order chi connectivity index (χ1) is 9.29. The number of nitrogens with zero attached hydrogens (tertiary/aromatic N) is 2. The van der Waals surface area contributed by atoms with Crippen LogP contribution in [0.4, 0.5) is 5.69 Å². The van der Waals surface area contributed by atoms with E-state index in [4.69, 9.17) is 5.11 Å². The number of carbonyl (C=O) groups is 1. The van der Waals surface area contributed by atoms with E-state index >= 15 is 0 Å². The Labute approximate surface area is 111 Å². The fourth-order valence-corrected chi connectivity index (χ4v) is 1.71. The zero-order valence-electron chi connectivity index (χ0n) is 10.4. The Hall–Kier alpha value is -2.27. The zero-order valence-corrected chi connectivity index (χ0v) is 10.4. The molecule has 19 heavy (non-hydrogen) atoms. The first kappa shape index (κ1) is 13.2. The second kappa shape index (κ2) is 6.61. The monoisotopic (exact) mass is 257 g/mol. The molecule has 0 aliphatic heterocycles. The Morgan fingerprint density at radius 3 is 2.79 bits per heavy atom. The summed E-state index contributed by atoms with van der Waals surface area (Å²) in [5.41, 5.74) is 2.23. The highest BCUT2D eigenvalue weighted by molar-refractivity contribution is 6.03. The van der Waals surface area contributed by atoms with Crippen molar-refractivity contribution in [2.75, 3.05) is 11.9 Å². The van der Waals surface area contributed by atoms with Crippen molar-refractivity contribution < 1.29 is 9.90 Å². The Morgan fingerprint density at radius 1 is 1.26 bits per heavy atom. The number of hydrogen-bond acceptors (Lipinski definition) is 4. The summed E-state index contributed by atoms with van der Waals surface area (Å²) < 4.78 is 0. The summed E-state index contributed by atoms with van der Waals surface area (Å²) in [5.74, 6) is -0.236. The van der Waals surface area contributed by atoms with E-state index in [9.17, 15) is 4.79 Å². The molecule has 0 fully saturated rings. The lowest BCUT2D eigenvalue weighted by Crippen LogP contribution is -2.12. The molecule has 0 saturated carbocycles. The van der Waals surface area contributed by atoms with Crippen molar-refractivity contribution in [1.82, 2.24) is 9.97 Å². The van der Waals surface area contributed by atoms with E-state index in [0.29, 0.717) is 12.0 Å². The number of anilines is 1. The van der Waals surface area contributed by atoms with E-state index in [2.05, 4.69) is 15.3 Å². The molecule has 1 aromatic carbocycles. The number of nitrogens with one attached hydrogen (secondary N) is 1. The third-order valence-corrected chi connectivity index (χ3v) is 2.63. The molecule has 0 aliphatic carbocycles. The first-order valence-electron chi connectivity index (χ1n) is 6.06. The number of aliphatic hydroxyl groups is 1. The maximum atomic E-state index is 11.9. The van der Waals surface area contributed by atoms with Gasteiger partial charge in [0.15, 0.2) is 0 Å². The van der Waals surface area contributed by atoms with Gasteiger partial charge in [-0.3, -0.25) is 4.79 Å². The minimum absolute atomic E-state index is 0.165. The van der Waals surface area contributed by atoms with E-state index in [-0.39, 0.29) is 12.5 Å². The Morgan fingerprint density at radius 2 is 2.05 bits per heavy atom. The van der Waals surface area contributed by atoms with E-state index in [1.807, 2.05) is 24.3 Å². The van der Waals surface area contributed by atoms with Gasteiger partial charge in [-0.15, -0.1) is 0 Å². The molecule has 98 valence electrons. The molecule has 0 atom stereocenters. The van der Waals surface area contributed by atoms with E-state index in [1.54, 1.807) is 0 Å². The van der Waals surface area contributed by atoms with Crippen molar-refractivity contribution in [2.24, 2.45) is 0 Å². The normalized spacial score (nSPS) is 10.2. The highest BCUT2D eigenvalue weighted by atomic mass is 16.2. The fraction of sp³-hybridized carbons (Fsp3) is 0.214. The molecule has 2 N–H and O–H groups in total. The largest absolute Gasteiger partial charge is 0.396 e. The summed E-state index contributed by atoms with van der Waals surface area (Å²) in [6.07, 6.45) is 5.82. The molecule has 0 spiro atoms. The van der Waals surface area contributed by atoms with Gasteiger partial charge in [0.1, 0.15) is 6.33 Å². The van der Waals surface area contributed by atoms with Crippen LogP contribution in [0.1, 0.15) is 22.3 Å². The molecule has 0 unspecified atom stereocenters. The van der Waals surface area contributed by atoms with Crippen LogP contribution in [0.2, 0.25) is 0 Å². The van der Waals surface area contributed by atoms with Gasteiger partial charge in [-0.2, -0.15) is 0 Å². The molecule has 5 nitrogen and oxygen atoms in total. The van der Waals surface area contributed by atoms with Crippen molar-refractivity contribution in [1.29, 1.82) is 0 Å². The van der Waals surface area contributed by atoms with Gasteiger partial charge in [0.25, 0.3) is 5.91 Å². The average molecular weight is 257 g/mol. The molecule has 1 amide bonds. The number of aryl methyl sites for hydroxylation is 1. The van der Waals surface area contributed by atoms with Gasteiger partial charge in [-0.1, -0.05) is 12.1 Å². The van der Waals surface area contributed by atoms with Crippen LogP contribution >= 0.6 is 0 Å². The number of hydrogen-bond donors (Lipinski definition) is 2. The van der Waals surface area contributed by atoms with Gasteiger partial charge >= 0.3 is 0 Å². The molecule has 0 bridgehead atoms.